The molecule has 0 aliphatic heterocycles. The van der Waals surface area contributed by atoms with Crippen molar-refractivity contribution >= 4 is 29.0 Å². The van der Waals surface area contributed by atoms with Gasteiger partial charge in [0, 0.05) is 34.9 Å². The van der Waals surface area contributed by atoms with Gasteiger partial charge in [-0.1, -0.05) is 50.3 Å². The van der Waals surface area contributed by atoms with Crippen LogP contribution in [0, 0.1) is 72.0 Å². The Labute approximate surface area is 307 Å². The van der Waals surface area contributed by atoms with Gasteiger partial charge in [-0.25, -0.2) is 0 Å². The number of carboxylic acid groups (broad SMARTS) is 1. The van der Waals surface area contributed by atoms with E-state index in [1.807, 2.05) is 38.1 Å². The zero-order chi connectivity index (χ0) is 37.0. The van der Waals surface area contributed by atoms with Crippen LogP contribution >= 0.6 is 11.6 Å². The van der Waals surface area contributed by atoms with E-state index in [0.717, 1.165) is 36.2 Å². The Bertz CT molecular complexity index is 1750. The standard InChI is InChI=1S/C42H55ClN2O6/c1-23(7-12-37(49)50)30-10-11-31-39-32(20-36(48)41(30,31)6)40(5)15-16-42(51,21-29(40)19-35(39)47)14-13-27-8-9-28(33(43)18-27)22-44-34-17-24(2)45-25(3)38(34)26(4)46/h8-9,17-18,23,29-32,35-36,39,47-48,51H,7,10-12,15-16,19-22H2,1-6H3,(H,44,45)(H,49,50)/t23-,29?,30-,31?,32?,35-,36+,39?,40+,41-,42-/m1/s1. The minimum Gasteiger partial charge on any atom is -0.481 e. The Kier molecular flexibility index (Phi) is 10.5. The molecule has 11 atom stereocenters. The van der Waals surface area contributed by atoms with E-state index in [1.165, 1.54) is 6.92 Å². The molecule has 8 nitrogen and oxygen atoms in total. The molecule has 0 saturated heterocycles. The lowest BCUT2D eigenvalue weighted by Gasteiger charge is -2.64. The molecule has 4 saturated carbocycles. The first-order valence-electron chi connectivity index (χ1n) is 18.8. The van der Waals surface area contributed by atoms with Gasteiger partial charge in [0.15, 0.2) is 5.78 Å². The van der Waals surface area contributed by atoms with E-state index in [1.54, 1.807) is 0 Å². The van der Waals surface area contributed by atoms with Crippen LogP contribution in [0.15, 0.2) is 24.3 Å². The number of nitrogens with zero attached hydrogens (tertiary/aromatic N) is 1. The summed E-state index contributed by atoms with van der Waals surface area (Å²) in [6, 6.07) is 7.48. The fraction of sp³-hybridized carbons (Fsp3) is 0.643. The smallest absolute Gasteiger partial charge is 0.303 e. The summed E-state index contributed by atoms with van der Waals surface area (Å²) in [6.45, 7) is 12.3. The highest BCUT2D eigenvalue weighted by molar-refractivity contribution is 6.31. The lowest BCUT2D eigenvalue weighted by Crippen LogP contribution is -2.63. The van der Waals surface area contributed by atoms with Crippen LogP contribution in [-0.4, -0.2) is 55.0 Å². The molecule has 0 bridgehead atoms. The Balaban J connectivity index is 1.14. The number of Topliss-reactive ketones (excluding diaryl/α,β-unsaturated/α-hetero) is 1. The number of anilines is 1. The molecule has 9 heteroatoms. The van der Waals surface area contributed by atoms with Gasteiger partial charge in [-0.2, -0.15) is 0 Å². The van der Waals surface area contributed by atoms with Gasteiger partial charge in [0.1, 0.15) is 5.60 Å². The molecule has 1 aromatic carbocycles. The summed E-state index contributed by atoms with van der Waals surface area (Å²) in [6.07, 6.45) is 4.63. The van der Waals surface area contributed by atoms with Gasteiger partial charge in [0.25, 0.3) is 0 Å². The molecule has 4 unspecified atom stereocenters. The van der Waals surface area contributed by atoms with E-state index in [0.29, 0.717) is 60.5 Å². The molecule has 4 aliphatic carbocycles. The zero-order valence-corrected chi connectivity index (χ0v) is 31.7. The first-order chi connectivity index (χ1) is 24.0. The van der Waals surface area contributed by atoms with Crippen molar-refractivity contribution in [3.8, 4) is 11.8 Å². The number of fused-ring (bicyclic) bond motifs is 5. The first kappa shape index (κ1) is 37.8. The number of rotatable bonds is 8. The third-order valence-electron chi connectivity index (χ3n) is 14.1. The first-order valence-corrected chi connectivity index (χ1v) is 19.2. The van der Waals surface area contributed by atoms with Crippen LogP contribution in [0.4, 0.5) is 5.69 Å². The second-order valence-corrected chi connectivity index (χ2v) is 17.4. The van der Waals surface area contributed by atoms with Crippen LogP contribution in [0.2, 0.25) is 5.02 Å². The summed E-state index contributed by atoms with van der Waals surface area (Å²) in [5.41, 5.74) is 2.71. The number of carbonyl (C=O) groups excluding carboxylic acids is 1. The van der Waals surface area contributed by atoms with Crippen LogP contribution < -0.4 is 5.32 Å². The van der Waals surface area contributed by atoms with Gasteiger partial charge in [-0.15, -0.1) is 0 Å². The number of carboxylic acids is 1. The number of hydrogen-bond acceptors (Lipinski definition) is 7. The molecule has 0 amide bonds. The van der Waals surface area contributed by atoms with Crippen molar-refractivity contribution in [3.63, 3.8) is 0 Å². The molecular weight excluding hydrogens is 664 g/mol. The second kappa shape index (κ2) is 14.1. The molecule has 51 heavy (non-hydrogen) atoms. The SMILES string of the molecule is CC(=O)c1c(NCc2ccc(C#C[C@@]3(O)CC[C@@]4(C)C(C[C@@H](O)C5C4C[C@H](O)[C@@]4(C)C5CC[C@@H]4[C@H](C)CCC(=O)O)C3)cc2Cl)cc(C)nc1C. The van der Waals surface area contributed by atoms with Crippen molar-refractivity contribution in [1.82, 2.24) is 4.98 Å². The molecule has 4 aliphatic rings. The van der Waals surface area contributed by atoms with Crippen molar-refractivity contribution in [1.29, 1.82) is 0 Å². The average Bonchev–Trinajstić information content (AvgIpc) is 3.41. The van der Waals surface area contributed by atoms with E-state index in [-0.39, 0.29) is 58.5 Å². The number of nitrogens with one attached hydrogen (secondary N) is 1. The maximum atomic E-state index is 12.3. The number of benzene rings is 1. The van der Waals surface area contributed by atoms with Crippen molar-refractivity contribution < 1.29 is 30.0 Å². The van der Waals surface area contributed by atoms with Gasteiger partial charge in [0.2, 0.25) is 0 Å². The van der Waals surface area contributed by atoms with Crippen molar-refractivity contribution in [2.45, 2.75) is 124 Å². The zero-order valence-electron chi connectivity index (χ0n) is 30.9. The topological polar surface area (TPSA) is 140 Å². The summed E-state index contributed by atoms with van der Waals surface area (Å²) in [4.78, 5) is 28.0. The largest absolute Gasteiger partial charge is 0.481 e. The highest BCUT2D eigenvalue weighted by Crippen LogP contribution is 2.69. The minimum atomic E-state index is -1.19. The monoisotopic (exact) mass is 718 g/mol. The summed E-state index contributed by atoms with van der Waals surface area (Å²) in [7, 11) is 0. The van der Waals surface area contributed by atoms with Crippen LogP contribution in [-0.2, 0) is 11.3 Å². The van der Waals surface area contributed by atoms with Crippen LogP contribution in [0.25, 0.3) is 0 Å². The Morgan fingerprint density at radius 1 is 1.10 bits per heavy atom. The van der Waals surface area contributed by atoms with Crippen molar-refractivity contribution in [2.75, 3.05) is 5.32 Å². The lowest BCUT2D eigenvalue weighted by atomic mass is 9.42. The second-order valence-electron chi connectivity index (χ2n) is 17.0. The summed E-state index contributed by atoms with van der Waals surface area (Å²) in [5, 5.41) is 48.7. The van der Waals surface area contributed by atoms with E-state index in [9.17, 15) is 30.0 Å². The number of ketones is 1. The quantitative estimate of drug-likeness (QED) is 0.141. The predicted octanol–water partition coefficient (Wildman–Crippen LogP) is 7.35. The summed E-state index contributed by atoms with van der Waals surface area (Å²) < 4.78 is 0. The third kappa shape index (κ3) is 6.97. The van der Waals surface area contributed by atoms with Crippen LogP contribution in [0.1, 0.15) is 118 Å². The van der Waals surface area contributed by atoms with Gasteiger partial charge in [0.05, 0.1) is 23.5 Å². The fourth-order valence-electron chi connectivity index (χ4n) is 11.4. The molecular formula is C42H55ClN2O6. The number of aliphatic hydroxyl groups is 3. The predicted molar refractivity (Wildman–Crippen MR) is 198 cm³/mol. The highest BCUT2D eigenvalue weighted by Gasteiger charge is 2.66. The number of hydrogen-bond donors (Lipinski definition) is 5. The van der Waals surface area contributed by atoms with E-state index >= 15 is 0 Å². The van der Waals surface area contributed by atoms with Gasteiger partial charge < -0.3 is 25.7 Å². The molecule has 5 N–H and O–H groups in total. The van der Waals surface area contributed by atoms with Gasteiger partial charge in [-0.05, 0) is 142 Å². The molecule has 276 valence electrons. The molecule has 4 fully saturated rings. The number of aliphatic carboxylic acids is 1. The van der Waals surface area contributed by atoms with Gasteiger partial charge >= 0.3 is 5.97 Å². The number of aromatic nitrogens is 1. The lowest BCUT2D eigenvalue weighted by molar-refractivity contribution is -0.211. The molecule has 0 spiro atoms. The third-order valence-corrected chi connectivity index (χ3v) is 14.4. The summed E-state index contributed by atoms with van der Waals surface area (Å²) in [5.74, 6) is 6.47. The summed E-state index contributed by atoms with van der Waals surface area (Å²) >= 11 is 6.70. The molecule has 1 heterocycles. The number of aliphatic hydroxyl groups excluding tert-OH is 2. The van der Waals surface area contributed by atoms with E-state index in [2.05, 4.69) is 42.9 Å². The number of carbonyl (C=O) groups is 2. The molecule has 1 aromatic heterocycles. The normalized spacial score (nSPS) is 36.2. The van der Waals surface area contributed by atoms with Crippen LogP contribution in [0.5, 0.6) is 0 Å². The van der Waals surface area contributed by atoms with Crippen molar-refractivity contribution in [3.05, 3.63) is 57.4 Å². The number of pyridine rings is 1. The number of aryl methyl sites for hydroxylation is 2. The Hall–Kier alpha value is -2.96. The Morgan fingerprint density at radius 3 is 2.53 bits per heavy atom. The highest BCUT2D eigenvalue weighted by atomic mass is 35.5. The van der Waals surface area contributed by atoms with E-state index < -0.39 is 23.8 Å². The minimum absolute atomic E-state index is 0.0506. The van der Waals surface area contributed by atoms with Crippen LogP contribution in [0.3, 0.4) is 0 Å². The average molecular weight is 719 g/mol. The molecule has 0 radical (unpaired) electrons. The number of halogens is 1. The Morgan fingerprint density at radius 2 is 1.84 bits per heavy atom. The van der Waals surface area contributed by atoms with Gasteiger partial charge in [-0.3, -0.25) is 14.6 Å². The maximum absolute atomic E-state index is 12.3. The maximum Gasteiger partial charge on any atom is 0.303 e. The molecule has 6 rings (SSSR count). The molecule has 2 aromatic rings. The fourth-order valence-corrected chi connectivity index (χ4v) is 11.6. The van der Waals surface area contributed by atoms with E-state index in [4.69, 9.17) is 11.6 Å². The van der Waals surface area contributed by atoms with Crippen molar-refractivity contribution in [2.24, 2.45) is 46.3 Å².